The summed E-state index contributed by atoms with van der Waals surface area (Å²) in [5.74, 6) is 0. The van der Waals surface area contributed by atoms with E-state index in [9.17, 15) is 0 Å². The van der Waals surface area contributed by atoms with Crippen LogP contribution in [0.2, 0.25) is 5.02 Å². The molecular formula is C10H16ClN3. The minimum absolute atomic E-state index is 0.387. The first kappa shape index (κ1) is 11.3. The molecule has 0 atom stereocenters. The van der Waals surface area contributed by atoms with E-state index in [-0.39, 0.29) is 0 Å². The zero-order chi connectivity index (χ0) is 10.6. The summed E-state index contributed by atoms with van der Waals surface area (Å²) in [4.78, 5) is 6.13. The van der Waals surface area contributed by atoms with Gasteiger partial charge in [0.2, 0.25) is 0 Å². The predicted molar refractivity (Wildman–Crippen MR) is 60.8 cm³/mol. The molecule has 0 aromatic carbocycles. The van der Waals surface area contributed by atoms with Crippen molar-refractivity contribution in [3.63, 3.8) is 0 Å². The van der Waals surface area contributed by atoms with Crippen molar-refractivity contribution in [3.05, 3.63) is 23.5 Å². The number of rotatable bonds is 4. The molecule has 14 heavy (non-hydrogen) atoms. The molecule has 4 heteroatoms. The van der Waals surface area contributed by atoms with Crippen LogP contribution in [0.25, 0.3) is 0 Å². The highest BCUT2D eigenvalue weighted by Gasteiger charge is 2.12. The minimum atomic E-state index is 0.387. The van der Waals surface area contributed by atoms with Crippen molar-refractivity contribution in [1.29, 1.82) is 0 Å². The molecule has 1 heterocycles. The average molecular weight is 214 g/mol. The Morgan fingerprint density at radius 1 is 1.57 bits per heavy atom. The van der Waals surface area contributed by atoms with Crippen LogP contribution < -0.4 is 10.6 Å². The van der Waals surface area contributed by atoms with Gasteiger partial charge in [0.15, 0.2) is 0 Å². The predicted octanol–water partition coefficient (Wildman–Crippen LogP) is 1.91. The maximum Gasteiger partial charge on any atom is 0.0822 e. The molecule has 0 aliphatic carbocycles. The highest BCUT2D eigenvalue weighted by molar-refractivity contribution is 6.33. The lowest BCUT2D eigenvalue weighted by atomic mass is 10.2. The van der Waals surface area contributed by atoms with Crippen molar-refractivity contribution < 1.29 is 0 Å². The third kappa shape index (κ3) is 2.59. The third-order valence-corrected chi connectivity index (χ3v) is 2.35. The van der Waals surface area contributed by atoms with Gasteiger partial charge in [-0.25, -0.2) is 0 Å². The van der Waals surface area contributed by atoms with Gasteiger partial charge in [-0.15, -0.1) is 0 Å². The van der Waals surface area contributed by atoms with Gasteiger partial charge in [-0.3, -0.25) is 4.98 Å². The quantitative estimate of drug-likeness (QED) is 0.831. The summed E-state index contributed by atoms with van der Waals surface area (Å²) in [7, 11) is 0. The van der Waals surface area contributed by atoms with E-state index >= 15 is 0 Å². The van der Waals surface area contributed by atoms with Crippen LogP contribution >= 0.6 is 11.6 Å². The molecule has 2 N–H and O–H groups in total. The number of pyridine rings is 1. The summed E-state index contributed by atoms with van der Waals surface area (Å²) in [5.41, 5.74) is 6.56. The highest BCUT2D eigenvalue weighted by atomic mass is 35.5. The van der Waals surface area contributed by atoms with E-state index in [1.54, 1.807) is 12.4 Å². The zero-order valence-electron chi connectivity index (χ0n) is 8.57. The number of hydrogen-bond donors (Lipinski definition) is 1. The van der Waals surface area contributed by atoms with Crippen LogP contribution in [0, 0.1) is 0 Å². The van der Waals surface area contributed by atoms with Crippen LogP contribution in [0.5, 0.6) is 0 Å². The Morgan fingerprint density at radius 3 is 2.79 bits per heavy atom. The topological polar surface area (TPSA) is 42.1 Å². The molecule has 0 radical (unpaired) electrons. The highest BCUT2D eigenvalue weighted by Crippen LogP contribution is 2.25. The van der Waals surface area contributed by atoms with Gasteiger partial charge in [-0.05, 0) is 19.9 Å². The maximum atomic E-state index is 6.05. The summed E-state index contributed by atoms with van der Waals surface area (Å²) >= 11 is 6.05. The number of anilines is 1. The maximum absolute atomic E-state index is 6.05. The van der Waals surface area contributed by atoms with E-state index in [0.717, 1.165) is 12.2 Å². The molecule has 78 valence electrons. The van der Waals surface area contributed by atoms with Gasteiger partial charge in [0, 0.05) is 31.5 Å². The van der Waals surface area contributed by atoms with Crippen LogP contribution in [0.3, 0.4) is 0 Å². The summed E-state index contributed by atoms with van der Waals surface area (Å²) in [6.07, 6.45) is 3.40. The van der Waals surface area contributed by atoms with Gasteiger partial charge in [-0.2, -0.15) is 0 Å². The first-order chi connectivity index (χ1) is 6.66. The fourth-order valence-corrected chi connectivity index (χ4v) is 1.62. The van der Waals surface area contributed by atoms with Crippen LogP contribution in [-0.2, 0) is 0 Å². The molecule has 0 saturated carbocycles. The average Bonchev–Trinajstić information content (AvgIpc) is 2.15. The molecule has 3 nitrogen and oxygen atoms in total. The lowest BCUT2D eigenvalue weighted by molar-refractivity contribution is 0.684. The third-order valence-electron chi connectivity index (χ3n) is 2.05. The monoisotopic (exact) mass is 213 g/mol. The Hall–Kier alpha value is -0.800. The smallest absolute Gasteiger partial charge is 0.0822 e. The number of nitrogens with two attached hydrogens (primary N) is 1. The van der Waals surface area contributed by atoms with Gasteiger partial charge in [-0.1, -0.05) is 11.6 Å². The van der Waals surface area contributed by atoms with Gasteiger partial charge < -0.3 is 10.6 Å². The van der Waals surface area contributed by atoms with Crippen molar-refractivity contribution in [2.45, 2.75) is 19.9 Å². The number of halogens is 1. The molecule has 1 aromatic heterocycles. The summed E-state index contributed by atoms with van der Waals surface area (Å²) in [6, 6.07) is 2.30. The molecule has 0 amide bonds. The Balaban J connectivity index is 2.93. The molecule has 0 aliphatic heterocycles. The largest absolute Gasteiger partial charge is 0.367 e. The van der Waals surface area contributed by atoms with Gasteiger partial charge >= 0.3 is 0 Å². The Bertz CT molecular complexity index is 288. The number of aromatic nitrogens is 1. The van der Waals surface area contributed by atoms with E-state index in [0.29, 0.717) is 17.6 Å². The molecule has 0 fully saturated rings. The Morgan fingerprint density at radius 2 is 2.29 bits per heavy atom. The second kappa shape index (κ2) is 5.17. The van der Waals surface area contributed by atoms with Crippen LogP contribution in [0.4, 0.5) is 5.69 Å². The summed E-state index contributed by atoms with van der Waals surface area (Å²) in [5, 5.41) is 0.676. The van der Waals surface area contributed by atoms with Crippen molar-refractivity contribution in [2.75, 3.05) is 18.0 Å². The lowest BCUT2D eigenvalue weighted by Crippen LogP contribution is -2.35. The first-order valence-corrected chi connectivity index (χ1v) is 5.11. The van der Waals surface area contributed by atoms with Crippen LogP contribution in [0.1, 0.15) is 13.8 Å². The molecular weight excluding hydrogens is 198 g/mol. The number of nitrogens with zero attached hydrogens (tertiary/aromatic N) is 2. The molecule has 1 aromatic rings. The van der Waals surface area contributed by atoms with Gasteiger partial charge in [0.25, 0.3) is 0 Å². The second-order valence-electron chi connectivity index (χ2n) is 3.40. The van der Waals surface area contributed by atoms with Crippen molar-refractivity contribution in [3.8, 4) is 0 Å². The summed E-state index contributed by atoms with van der Waals surface area (Å²) in [6.45, 7) is 5.66. The molecule has 0 bridgehead atoms. The molecule has 1 rings (SSSR count). The fourth-order valence-electron chi connectivity index (χ4n) is 1.40. The van der Waals surface area contributed by atoms with E-state index < -0.39 is 0 Å². The molecule has 0 aliphatic rings. The fraction of sp³-hybridized carbons (Fsp3) is 0.500. The zero-order valence-corrected chi connectivity index (χ0v) is 9.33. The summed E-state index contributed by atoms with van der Waals surface area (Å²) < 4.78 is 0. The van der Waals surface area contributed by atoms with E-state index in [4.69, 9.17) is 17.3 Å². The Labute approximate surface area is 89.9 Å². The van der Waals surface area contributed by atoms with Crippen molar-refractivity contribution >= 4 is 17.3 Å². The van der Waals surface area contributed by atoms with Crippen LogP contribution in [-0.4, -0.2) is 24.1 Å². The van der Waals surface area contributed by atoms with Crippen molar-refractivity contribution in [1.82, 2.24) is 4.98 Å². The van der Waals surface area contributed by atoms with Gasteiger partial charge in [0.1, 0.15) is 0 Å². The lowest BCUT2D eigenvalue weighted by Gasteiger charge is -2.29. The molecule has 0 unspecified atom stereocenters. The van der Waals surface area contributed by atoms with E-state index in [1.165, 1.54) is 0 Å². The second-order valence-corrected chi connectivity index (χ2v) is 3.81. The molecule has 0 saturated heterocycles. The normalized spacial score (nSPS) is 10.6. The van der Waals surface area contributed by atoms with E-state index in [2.05, 4.69) is 23.7 Å². The number of hydrogen-bond acceptors (Lipinski definition) is 3. The van der Waals surface area contributed by atoms with Crippen molar-refractivity contribution in [2.24, 2.45) is 5.73 Å². The van der Waals surface area contributed by atoms with Crippen LogP contribution in [0.15, 0.2) is 18.5 Å². The SMILES string of the molecule is CC(C)N(CCN)c1ccncc1Cl. The first-order valence-electron chi connectivity index (χ1n) is 4.73. The Kier molecular flexibility index (Phi) is 4.17. The minimum Gasteiger partial charge on any atom is -0.367 e. The van der Waals surface area contributed by atoms with Gasteiger partial charge in [0.05, 0.1) is 10.7 Å². The standard InChI is InChI=1S/C10H16ClN3/c1-8(2)14(6-4-12)10-3-5-13-7-9(10)11/h3,5,7-8H,4,6,12H2,1-2H3. The molecule has 0 spiro atoms. The van der Waals surface area contributed by atoms with E-state index in [1.807, 2.05) is 6.07 Å².